The third kappa shape index (κ3) is 1.93. The van der Waals surface area contributed by atoms with Crippen LogP contribution in [0.2, 0.25) is 0 Å². The number of benzene rings is 1. The van der Waals surface area contributed by atoms with E-state index in [1.54, 1.807) is 0 Å². The van der Waals surface area contributed by atoms with E-state index < -0.39 is 0 Å². The SMILES string of the molecule is CC1=C(c2ccccc2)SC(C)C=C1. The Hall–Kier alpha value is -0.950. The lowest BCUT2D eigenvalue weighted by Crippen LogP contribution is -1.97. The molecule has 0 nitrogen and oxygen atoms in total. The van der Waals surface area contributed by atoms with Crippen LogP contribution >= 0.6 is 11.8 Å². The number of hydrogen-bond donors (Lipinski definition) is 0. The van der Waals surface area contributed by atoms with Gasteiger partial charge in [0.15, 0.2) is 0 Å². The van der Waals surface area contributed by atoms with Gasteiger partial charge in [0, 0.05) is 10.2 Å². The zero-order valence-electron chi connectivity index (χ0n) is 8.53. The van der Waals surface area contributed by atoms with E-state index in [-0.39, 0.29) is 0 Å². The third-order valence-electron chi connectivity index (χ3n) is 2.32. The van der Waals surface area contributed by atoms with E-state index in [1.165, 1.54) is 16.0 Å². The molecule has 1 heteroatoms. The largest absolute Gasteiger partial charge is 0.118 e. The first-order chi connectivity index (χ1) is 6.77. The summed E-state index contributed by atoms with van der Waals surface area (Å²) in [4.78, 5) is 1.42. The number of thioether (sulfide) groups is 1. The Kier molecular flexibility index (Phi) is 2.78. The maximum atomic E-state index is 2.26. The molecule has 1 heterocycles. The summed E-state index contributed by atoms with van der Waals surface area (Å²) in [6.45, 7) is 4.41. The Balaban J connectivity index is 2.39. The molecule has 0 amide bonds. The van der Waals surface area contributed by atoms with Gasteiger partial charge >= 0.3 is 0 Å². The molecule has 0 N–H and O–H groups in total. The second-order valence-electron chi connectivity index (χ2n) is 3.56. The van der Waals surface area contributed by atoms with Crippen LogP contribution in [-0.2, 0) is 0 Å². The summed E-state index contributed by atoms with van der Waals surface area (Å²) in [5.41, 5.74) is 2.71. The average Bonchev–Trinajstić information content (AvgIpc) is 2.23. The summed E-state index contributed by atoms with van der Waals surface area (Å²) in [5, 5.41) is 0.592. The van der Waals surface area contributed by atoms with E-state index in [1.807, 2.05) is 11.8 Å². The Morgan fingerprint density at radius 2 is 1.86 bits per heavy atom. The fraction of sp³-hybridized carbons (Fsp3) is 0.231. The van der Waals surface area contributed by atoms with Crippen LogP contribution in [-0.4, -0.2) is 5.25 Å². The minimum atomic E-state index is 0.592. The van der Waals surface area contributed by atoms with Crippen molar-refractivity contribution < 1.29 is 0 Å². The molecular weight excluding hydrogens is 188 g/mol. The summed E-state index contributed by atoms with van der Waals surface area (Å²) in [6, 6.07) is 10.6. The van der Waals surface area contributed by atoms with Crippen molar-refractivity contribution in [3.63, 3.8) is 0 Å². The van der Waals surface area contributed by atoms with Crippen LogP contribution in [0.25, 0.3) is 4.91 Å². The lowest BCUT2D eigenvalue weighted by Gasteiger charge is -2.17. The van der Waals surface area contributed by atoms with Crippen LogP contribution in [0.4, 0.5) is 0 Å². The van der Waals surface area contributed by atoms with Crippen LogP contribution in [0, 0.1) is 0 Å². The van der Waals surface area contributed by atoms with Gasteiger partial charge < -0.3 is 0 Å². The van der Waals surface area contributed by atoms with E-state index in [2.05, 4.69) is 56.3 Å². The summed E-state index contributed by atoms with van der Waals surface area (Å²) in [7, 11) is 0. The van der Waals surface area contributed by atoms with Crippen LogP contribution in [0.5, 0.6) is 0 Å². The lowest BCUT2D eigenvalue weighted by atomic mass is 10.1. The van der Waals surface area contributed by atoms with Crippen molar-refractivity contribution >= 4 is 16.7 Å². The molecule has 1 aromatic carbocycles. The fourth-order valence-electron chi connectivity index (χ4n) is 1.56. The van der Waals surface area contributed by atoms with Crippen molar-refractivity contribution in [1.29, 1.82) is 0 Å². The molecule has 2 rings (SSSR count). The topological polar surface area (TPSA) is 0 Å². The van der Waals surface area contributed by atoms with E-state index in [0.29, 0.717) is 5.25 Å². The second-order valence-corrected chi connectivity index (χ2v) is 4.95. The Bertz CT molecular complexity index is 373. The highest BCUT2D eigenvalue weighted by Crippen LogP contribution is 2.37. The quantitative estimate of drug-likeness (QED) is 0.660. The van der Waals surface area contributed by atoms with Gasteiger partial charge in [0.05, 0.1) is 0 Å². The van der Waals surface area contributed by atoms with Crippen LogP contribution in [0.3, 0.4) is 0 Å². The highest BCUT2D eigenvalue weighted by atomic mass is 32.2. The number of allylic oxidation sites excluding steroid dienone is 2. The minimum Gasteiger partial charge on any atom is -0.118 e. The predicted molar refractivity (Wildman–Crippen MR) is 65.2 cm³/mol. The summed E-state index contributed by atoms with van der Waals surface area (Å²) < 4.78 is 0. The van der Waals surface area contributed by atoms with E-state index >= 15 is 0 Å². The van der Waals surface area contributed by atoms with Gasteiger partial charge in [-0.1, -0.05) is 42.5 Å². The monoisotopic (exact) mass is 202 g/mol. The van der Waals surface area contributed by atoms with Crippen molar-refractivity contribution in [2.24, 2.45) is 0 Å². The summed E-state index contributed by atoms with van der Waals surface area (Å²) in [6.07, 6.45) is 4.48. The molecule has 0 saturated carbocycles. The molecule has 1 aliphatic heterocycles. The van der Waals surface area contributed by atoms with Crippen LogP contribution in [0.1, 0.15) is 19.4 Å². The molecule has 1 atom stereocenters. The predicted octanol–water partition coefficient (Wildman–Crippen LogP) is 4.11. The first kappa shape index (κ1) is 9.60. The van der Waals surface area contributed by atoms with E-state index in [9.17, 15) is 0 Å². The van der Waals surface area contributed by atoms with Gasteiger partial charge in [-0.05, 0) is 25.0 Å². The Morgan fingerprint density at radius 3 is 2.57 bits per heavy atom. The van der Waals surface area contributed by atoms with Gasteiger partial charge in [-0.2, -0.15) is 0 Å². The Morgan fingerprint density at radius 1 is 1.14 bits per heavy atom. The Labute approximate surface area is 89.7 Å². The van der Waals surface area contributed by atoms with Crippen molar-refractivity contribution in [3.05, 3.63) is 53.6 Å². The van der Waals surface area contributed by atoms with Crippen molar-refractivity contribution in [1.82, 2.24) is 0 Å². The highest BCUT2D eigenvalue weighted by molar-refractivity contribution is 8.09. The molecule has 1 aliphatic rings. The first-order valence-electron chi connectivity index (χ1n) is 4.88. The highest BCUT2D eigenvalue weighted by Gasteiger charge is 2.12. The van der Waals surface area contributed by atoms with Crippen molar-refractivity contribution in [3.8, 4) is 0 Å². The van der Waals surface area contributed by atoms with Gasteiger partial charge in [0.25, 0.3) is 0 Å². The van der Waals surface area contributed by atoms with Gasteiger partial charge in [0.1, 0.15) is 0 Å². The zero-order valence-corrected chi connectivity index (χ0v) is 9.34. The van der Waals surface area contributed by atoms with Gasteiger partial charge in [0.2, 0.25) is 0 Å². The first-order valence-corrected chi connectivity index (χ1v) is 5.76. The van der Waals surface area contributed by atoms with Gasteiger partial charge in [-0.15, -0.1) is 11.8 Å². The third-order valence-corrected chi connectivity index (χ3v) is 3.64. The van der Waals surface area contributed by atoms with E-state index in [4.69, 9.17) is 0 Å². The maximum absolute atomic E-state index is 2.26. The maximum Gasteiger partial charge on any atom is 0.0249 e. The molecule has 0 saturated heterocycles. The average molecular weight is 202 g/mol. The molecule has 0 aromatic heterocycles. The summed E-state index contributed by atoms with van der Waals surface area (Å²) >= 11 is 1.94. The number of rotatable bonds is 1. The van der Waals surface area contributed by atoms with Crippen LogP contribution in [0.15, 0.2) is 48.1 Å². The molecule has 0 fully saturated rings. The normalized spacial score (nSPS) is 21.4. The van der Waals surface area contributed by atoms with Crippen LogP contribution < -0.4 is 0 Å². The standard InChI is InChI=1S/C13H14S/c1-10-8-9-11(2)14-13(10)12-6-4-3-5-7-12/h3-9,11H,1-2H3. The zero-order chi connectivity index (χ0) is 9.97. The van der Waals surface area contributed by atoms with E-state index in [0.717, 1.165) is 0 Å². The molecule has 14 heavy (non-hydrogen) atoms. The molecule has 0 spiro atoms. The molecule has 72 valence electrons. The summed E-state index contributed by atoms with van der Waals surface area (Å²) in [5.74, 6) is 0. The fourth-order valence-corrected chi connectivity index (χ4v) is 2.61. The molecule has 0 aliphatic carbocycles. The molecule has 1 aromatic rings. The van der Waals surface area contributed by atoms with Crippen molar-refractivity contribution in [2.75, 3.05) is 0 Å². The van der Waals surface area contributed by atoms with Crippen molar-refractivity contribution in [2.45, 2.75) is 19.1 Å². The molecule has 0 radical (unpaired) electrons. The smallest absolute Gasteiger partial charge is 0.0249 e. The number of hydrogen-bond acceptors (Lipinski definition) is 1. The molecule has 0 bridgehead atoms. The van der Waals surface area contributed by atoms with Gasteiger partial charge in [-0.25, -0.2) is 0 Å². The molecule has 1 unspecified atom stereocenters. The van der Waals surface area contributed by atoms with Gasteiger partial charge in [-0.3, -0.25) is 0 Å². The second kappa shape index (κ2) is 4.05. The minimum absolute atomic E-state index is 0.592. The molecular formula is C13H14S. The lowest BCUT2D eigenvalue weighted by molar-refractivity contribution is 1.24.